The third kappa shape index (κ3) is 9.42. The summed E-state index contributed by atoms with van der Waals surface area (Å²) in [6.45, 7) is 0. The predicted octanol–water partition coefficient (Wildman–Crippen LogP) is -5.95. The van der Waals surface area contributed by atoms with Crippen LogP contribution < -0.4 is 42.0 Å². The van der Waals surface area contributed by atoms with Crippen molar-refractivity contribution >= 4 is 20.8 Å². The summed E-state index contributed by atoms with van der Waals surface area (Å²) < 4.78 is 0. The summed E-state index contributed by atoms with van der Waals surface area (Å²) in [5.41, 5.74) is 0. The summed E-state index contributed by atoms with van der Waals surface area (Å²) in [5, 5.41) is 0. The van der Waals surface area contributed by atoms with E-state index in [1.165, 1.54) is 0 Å². The second kappa shape index (κ2) is 22.8. The molecular formula is HBCl2Na. The molecule has 0 amide bonds. The van der Waals surface area contributed by atoms with Crippen molar-refractivity contribution in [1.29, 1.82) is 0 Å². The Bertz CT molecular complexity index is 6.00. The molecule has 0 unspecified atom stereocenters. The van der Waals surface area contributed by atoms with Gasteiger partial charge in [-0.2, -0.15) is 0 Å². The molecule has 0 rings (SSSR count). The Morgan fingerprint density at radius 1 is 1.00 bits per heavy atom. The maximum atomic E-state index is 0. The maximum absolute atomic E-state index is 0. The van der Waals surface area contributed by atoms with Crippen LogP contribution in [0.25, 0.3) is 0 Å². The van der Waals surface area contributed by atoms with Crippen molar-refractivity contribution in [3.05, 3.63) is 0 Å². The van der Waals surface area contributed by atoms with Gasteiger partial charge in [0.25, 0.3) is 0 Å². The number of hydrogen-bond acceptors (Lipinski definition) is 0. The normalized spacial score (nSPS) is 0. The van der Waals surface area contributed by atoms with Gasteiger partial charge in [-0.1, -0.05) is 0 Å². The summed E-state index contributed by atoms with van der Waals surface area (Å²) in [6, 6.07) is 0. The van der Waals surface area contributed by atoms with Gasteiger partial charge in [-0.05, 0) is 0 Å². The molecule has 0 bridgehead atoms. The Morgan fingerprint density at radius 2 is 1.00 bits per heavy atom. The zero-order chi connectivity index (χ0) is 0. The summed E-state index contributed by atoms with van der Waals surface area (Å²) in [5.74, 6) is 0. The molecular weight excluding hydrogens is 105 g/mol. The molecule has 0 fully saturated rings. The Morgan fingerprint density at radius 3 is 1.00 bits per heavy atom. The molecule has 4 heteroatoms. The van der Waals surface area contributed by atoms with E-state index in [0.717, 1.165) is 0 Å². The van der Waals surface area contributed by atoms with Gasteiger partial charge in [0.15, 0.2) is 0 Å². The predicted molar refractivity (Wildman–Crippen MR) is 13.0 cm³/mol. The Labute approximate surface area is 62.4 Å². The van der Waals surface area contributed by atoms with Crippen molar-refractivity contribution in [3.63, 3.8) is 0 Å². The molecule has 0 spiro atoms. The van der Waals surface area contributed by atoms with Gasteiger partial charge in [-0.25, -0.2) is 0 Å². The van der Waals surface area contributed by atoms with Crippen LogP contribution in [0.4, 0.5) is 0 Å². The monoisotopic (exact) mass is 105 g/mol. The molecule has 0 aliphatic heterocycles. The first-order chi connectivity index (χ1) is 0. The summed E-state index contributed by atoms with van der Waals surface area (Å²) in [4.78, 5) is 0. The molecule has 0 nitrogen and oxygen atoms in total. The van der Waals surface area contributed by atoms with E-state index >= 15 is 0 Å². The van der Waals surface area contributed by atoms with Gasteiger partial charge in [0.2, 0.25) is 0 Å². The van der Waals surface area contributed by atoms with Crippen molar-refractivity contribution in [2.45, 2.75) is 0 Å². The largest absolute Gasteiger partial charge is 1.00 e. The first kappa shape index (κ1) is 45.0. The molecule has 3 radical (unpaired) electrons. The molecule has 4 heavy (non-hydrogen) atoms. The molecule has 0 heterocycles. The molecule has 0 aromatic carbocycles. The van der Waals surface area contributed by atoms with Crippen molar-refractivity contribution in [2.75, 3.05) is 0 Å². The van der Waals surface area contributed by atoms with Gasteiger partial charge < -0.3 is 12.4 Å². The second-order valence-electron chi connectivity index (χ2n) is 0. The average molecular weight is 106 g/mol. The minimum Gasteiger partial charge on any atom is -1.00 e. The van der Waals surface area contributed by atoms with Gasteiger partial charge in [0.05, 0.1) is 0 Å². The Balaban J connectivity index is 0. The fourth-order valence-electron chi connectivity index (χ4n) is 0. The zero-order valence-electron chi connectivity index (χ0n) is 2.36. The van der Waals surface area contributed by atoms with Crippen molar-refractivity contribution < 1.29 is 42.0 Å². The molecule has 19 valence electrons. The molecule has 0 aliphatic rings. The van der Waals surface area contributed by atoms with Gasteiger partial charge in [0, 0.05) is 8.41 Å². The van der Waals surface area contributed by atoms with Crippen LogP contribution in [0.3, 0.4) is 0 Å². The summed E-state index contributed by atoms with van der Waals surface area (Å²) >= 11 is 0. The van der Waals surface area contributed by atoms with E-state index in [2.05, 4.69) is 0 Å². The zero-order valence-corrected chi connectivity index (χ0v) is 5.94. The minimum absolute atomic E-state index is 0. The SMILES string of the molecule is Cl.[B].[Cl-].[Na+]. The topological polar surface area (TPSA) is 0 Å². The van der Waals surface area contributed by atoms with Crippen LogP contribution in [0.15, 0.2) is 0 Å². The maximum Gasteiger partial charge on any atom is 1.00 e. The molecule has 0 saturated heterocycles. The number of halogens is 2. The number of hydrogen-bond donors (Lipinski definition) is 0. The molecule has 0 aromatic rings. The third-order valence-electron chi connectivity index (χ3n) is 0. The Hall–Kier alpha value is 1.64. The van der Waals surface area contributed by atoms with Crippen LogP contribution in [-0.2, 0) is 0 Å². The molecule has 0 N–H and O–H groups in total. The van der Waals surface area contributed by atoms with Crippen LogP contribution in [0.5, 0.6) is 0 Å². The van der Waals surface area contributed by atoms with E-state index in [-0.39, 0.29) is 62.8 Å². The fourth-order valence-corrected chi connectivity index (χ4v) is 0. The van der Waals surface area contributed by atoms with E-state index in [4.69, 9.17) is 0 Å². The fraction of sp³-hybridized carbons (Fsp3) is 0. The van der Waals surface area contributed by atoms with Crippen LogP contribution in [0.2, 0.25) is 0 Å². The van der Waals surface area contributed by atoms with Crippen molar-refractivity contribution in [2.24, 2.45) is 0 Å². The van der Waals surface area contributed by atoms with Crippen molar-refractivity contribution in [1.82, 2.24) is 0 Å². The molecule has 0 saturated carbocycles. The van der Waals surface area contributed by atoms with E-state index in [0.29, 0.717) is 0 Å². The van der Waals surface area contributed by atoms with Gasteiger partial charge in [0.1, 0.15) is 0 Å². The first-order valence-electron chi connectivity index (χ1n) is 0. The third-order valence-corrected chi connectivity index (χ3v) is 0. The van der Waals surface area contributed by atoms with Gasteiger partial charge in [-0.15, -0.1) is 12.4 Å². The standard InChI is InChI=1S/B.2ClH.Na/h;2*1H;/q;;;+1/p-1. The van der Waals surface area contributed by atoms with E-state index in [9.17, 15) is 0 Å². The van der Waals surface area contributed by atoms with E-state index in [1.54, 1.807) is 0 Å². The quantitative estimate of drug-likeness (QED) is 0.269. The molecule has 0 atom stereocenters. The first-order valence-corrected chi connectivity index (χ1v) is 0. The van der Waals surface area contributed by atoms with E-state index < -0.39 is 0 Å². The van der Waals surface area contributed by atoms with Crippen LogP contribution >= 0.6 is 12.4 Å². The molecule has 0 aromatic heterocycles. The second-order valence-corrected chi connectivity index (χ2v) is 0. The van der Waals surface area contributed by atoms with Crippen molar-refractivity contribution in [3.8, 4) is 0 Å². The van der Waals surface area contributed by atoms with E-state index in [1.807, 2.05) is 0 Å². The summed E-state index contributed by atoms with van der Waals surface area (Å²) in [6.07, 6.45) is 0. The minimum atomic E-state index is 0. The average Bonchev–Trinajstić information content (AvgIpc) is 0. The number of rotatable bonds is 0. The van der Waals surface area contributed by atoms with Crippen LogP contribution in [0.1, 0.15) is 0 Å². The van der Waals surface area contributed by atoms with Gasteiger partial charge in [-0.3, -0.25) is 0 Å². The Kier molecular flexibility index (Phi) is 257. The van der Waals surface area contributed by atoms with Crippen LogP contribution in [0, 0.1) is 0 Å². The van der Waals surface area contributed by atoms with Gasteiger partial charge >= 0.3 is 29.6 Å². The smallest absolute Gasteiger partial charge is 1.00 e. The summed E-state index contributed by atoms with van der Waals surface area (Å²) in [7, 11) is 0. The molecule has 0 aliphatic carbocycles. The van der Waals surface area contributed by atoms with Crippen LogP contribution in [-0.4, -0.2) is 8.41 Å².